The molecule has 0 bridgehead atoms. The molecule has 0 heterocycles. The molecule has 1 amide bonds. The van der Waals surface area contributed by atoms with Crippen molar-refractivity contribution in [1.29, 1.82) is 0 Å². The molecular formula is C14H21NO3. The smallest absolute Gasteiger partial charge is 0.257 e. The molecule has 100 valence electrons. The normalized spacial score (nSPS) is 10.2. The number of carbonyl (C=O) groups is 1. The molecule has 0 spiro atoms. The zero-order valence-electron chi connectivity index (χ0n) is 11.3. The number of phenolic OH excluding ortho intramolecular Hbond substituents is 1. The maximum Gasteiger partial charge on any atom is 0.257 e. The summed E-state index contributed by atoms with van der Waals surface area (Å²) >= 11 is 0. The summed E-state index contributed by atoms with van der Waals surface area (Å²) in [6.45, 7) is 2.83. The number of benzene rings is 1. The van der Waals surface area contributed by atoms with E-state index in [1.807, 2.05) is 0 Å². The number of amides is 1. The first kappa shape index (κ1) is 14.4. The van der Waals surface area contributed by atoms with Crippen molar-refractivity contribution in [2.45, 2.75) is 26.2 Å². The fraction of sp³-hybridized carbons (Fsp3) is 0.500. The number of rotatable bonds is 6. The van der Waals surface area contributed by atoms with Crippen molar-refractivity contribution in [3.05, 3.63) is 23.8 Å². The minimum atomic E-state index is -0.161. The highest BCUT2D eigenvalue weighted by molar-refractivity contribution is 5.96. The lowest BCUT2D eigenvalue weighted by Gasteiger charge is -2.17. The first-order valence-electron chi connectivity index (χ1n) is 6.22. The van der Waals surface area contributed by atoms with Gasteiger partial charge in [0, 0.05) is 19.7 Å². The van der Waals surface area contributed by atoms with Crippen LogP contribution in [0, 0.1) is 0 Å². The Hall–Kier alpha value is -1.71. The number of hydrogen-bond acceptors (Lipinski definition) is 3. The average molecular weight is 251 g/mol. The van der Waals surface area contributed by atoms with Crippen molar-refractivity contribution < 1.29 is 14.6 Å². The van der Waals surface area contributed by atoms with Gasteiger partial charge in [0.05, 0.1) is 12.7 Å². The predicted molar refractivity (Wildman–Crippen MR) is 71.1 cm³/mol. The van der Waals surface area contributed by atoms with Gasteiger partial charge in [0.15, 0.2) is 0 Å². The third-order valence-electron chi connectivity index (χ3n) is 2.88. The van der Waals surface area contributed by atoms with Gasteiger partial charge in [-0.25, -0.2) is 0 Å². The fourth-order valence-corrected chi connectivity index (χ4v) is 1.73. The Balaban J connectivity index is 2.71. The van der Waals surface area contributed by atoms with Crippen LogP contribution in [-0.2, 0) is 0 Å². The summed E-state index contributed by atoms with van der Waals surface area (Å²) in [6, 6.07) is 4.72. The van der Waals surface area contributed by atoms with Crippen LogP contribution in [-0.4, -0.2) is 36.6 Å². The molecule has 0 saturated heterocycles. The fourth-order valence-electron chi connectivity index (χ4n) is 1.73. The van der Waals surface area contributed by atoms with Crippen molar-refractivity contribution in [2.24, 2.45) is 0 Å². The zero-order valence-corrected chi connectivity index (χ0v) is 11.3. The van der Waals surface area contributed by atoms with E-state index in [4.69, 9.17) is 4.74 Å². The second kappa shape index (κ2) is 6.89. The number of ether oxygens (including phenoxy) is 1. The maximum absolute atomic E-state index is 12.1. The summed E-state index contributed by atoms with van der Waals surface area (Å²) in [5.41, 5.74) is 0.315. The molecule has 1 aromatic carbocycles. The highest BCUT2D eigenvalue weighted by Crippen LogP contribution is 2.24. The first-order chi connectivity index (χ1) is 8.60. The van der Waals surface area contributed by atoms with Crippen LogP contribution in [0.2, 0.25) is 0 Å². The molecule has 0 aromatic heterocycles. The van der Waals surface area contributed by atoms with E-state index in [2.05, 4.69) is 6.92 Å². The molecule has 0 atom stereocenters. The van der Waals surface area contributed by atoms with E-state index >= 15 is 0 Å². The molecule has 0 aliphatic carbocycles. The minimum absolute atomic E-state index is 0.0401. The van der Waals surface area contributed by atoms with Crippen LogP contribution in [0.25, 0.3) is 0 Å². The van der Waals surface area contributed by atoms with Crippen LogP contribution in [0.3, 0.4) is 0 Å². The minimum Gasteiger partial charge on any atom is -0.507 e. The van der Waals surface area contributed by atoms with Crippen LogP contribution in [0.4, 0.5) is 0 Å². The second-order valence-electron chi connectivity index (χ2n) is 4.32. The van der Waals surface area contributed by atoms with E-state index in [0.29, 0.717) is 17.9 Å². The molecule has 4 heteroatoms. The lowest BCUT2D eigenvalue weighted by Crippen LogP contribution is -2.27. The van der Waals surface area contributed by atoms with Gasteiger partial charge in [0.1, 0.15) is 11.5 Å². The Morgan fingerprint density at radius 3 is 2.67 bits per heavy atom. The summed E-state index contributed by atoms with van der Waals surface area (Å²) in [5.74, 6) is 0.339. The molecule has 0 saturated carbocycles. The molecule has 1 rings (SSSR count). The SMILES string of the molecule is CCCCCN(C)C(=O)c1ccc(OC)cc1O. The molecule has 18 heavy (non-hydrogen) atoms. The number of unbranched alkanes of at least 4 members (excludes halogenated alkanes) is 2. The van der Waals surface area contributed by atoms with Gasteiger partial charge < -0.3 is 14.7 Å². The number of nitrogens with zero attached hydrogens (tertiary/aromatic N) is 1. The topological polar surface area (TPSA) is 49.8 Å². The van der Waals surface area contributed by atoms with E-state index in [1.165, 1.54) is 13.2 Å². The third-order valence-corrected chi connectivity index (χ3v) is 2.88. The highest BCUT2D eigenvalue weighted by Gasteiger charge is 2.15. The molecule has 0 aliphatic heterocycles. The molecular weight excluding hydrogens is 230 g/mol. The van der Waals surface area contributed by atoms with Crippen LogP contribution in [0.5, 0.6) is 11.5 Å². The van der Waals surface area contributed by atoms with Crippen molar-refractivity contribution in [3.8, 4) is 11.5 Å². The molecule has 0 unspecified atom stereocenters. The van der Waals surface area contributed by atoms with Gasteiger partial charge in [-0.15, -0.1) is 0 Å². The van der Waals surface area contributed by atoms with Crippen LogP contribution >= 0.6 is 0 Å². The van der Waals surface area contributed by atoms with Crippen LogP contribution in [0.1, 0.15) is 36.5 Å². The summed E-state index contributed by atoms with van der Waals surface area (Å²) in [7, 11) is 3.27. The van der Waals surface area contributed by atoms with Crippen molar-refractivity contribution in [1.82, 2.24) is 4.90 Å². The summed E-state index contributed by atoms with van der Waals surface area (Å²) < 4.78 is 4.98. The Morgan fingerprint density at radius 1 is 1.39 bits per heavy atom. The Bertz CT molecular complexity index is 404. The molecule has 0 radical (unpaired) electrons. The molecule has 0 aliphatic rings. The van der Waals surface area contributed by atoms with Gasteiger partial charge in [0.25, 0.3) is 5.91 Å². The zero-order chi connectivity index (χ0) is 13.5. The summed E-state index contributed by atoms with van der Waals surface area (Å²) in [5, 5.41) is 9.79. The van der Waals surface area contributed by atoms with E-state index in [0.717, 1.165) is 19.3 Å². The molecule has 1 aromatic rings. The average Bonchev–Trinajstić information content (AvgIpc) is 2.38. The number of carbonyl (C=O) groups excluding carboxylic acids is 1. The van der Waals surface area contributed by atoms with Gasteiger partial charge in [-0.3, -0.25) is 4.79 Å². The van der Waals surface area contributed by atoms with Crippen molar-refractivity contribution in [2.75, 3.05) is 20.7 Å². The van der Waals surface area contributed by atoms with Gasteiger partial charge in [-0.2, -0.15) is 0 Å². The highest BCUT2D eigenvalue weighted by atomic mass is 16.5. The van der Waals surface area contributed by atoms with E-state index < -0.39 is 0 Å². The summed E-state index contributed by atoms with van der Waals surface area (Å²) in [4.78, 5) is 13.7. The van der Waals surface area contributed by atoms with Gasteiger partial charge in [0.2, 0.25) is 0 Å². The summed E-state index contributed by atoms with van der Waals surface area (Å²) in [6.07, 6.45) is 3.21. The van der Waals surface area contributed by atoms with Gasteiger partial charge in [-0.1, -0.05) is 19.8 Å². The third kappa shape index (κ3) is 3.65. The number of aromatic hydroxyl groups is 1. The number of hydrogen-bond donors (Lipinski definition) is 1. The molecule has 1 N–H and O–H groups in total. The monoisotopic (exact) mass is 251 g/mol. The lowest BCUT2D eigenvalue weighted by atomic mass is 10.1. The molecule has 0 fully saturated rings. The quantitative estimate of drug-likeness (QED) is 0.791. The molecule has 4 nitrogen and oxygen atoms in total. The predicted octanol–water partition coefficient (Wildman–Crippen LogP) is 2.66. The number of methoxy groups -OCH3 is 1. The Labute approximate surface area is 108 Å². The van der Waals surface area contributed by atoms with Crippen molar-refractivity contribution in [3.63, 3.8) is 0 Å². The standard InChI is InChI=1S/C14H21NO3/c1-4-5-6-9-15(2)14(17)12-8-7-11(18-3)10-13(12)16/h7-8,10,16H,4-6,9H2,1-3H3. The van der Waals surface area contributed by atoms with E-state index in [-0.39, 0.29) is 11.7 Å². The number of phenols is 1. The van der Waals surface area contributed by atoms with Gasteiger partial charge >= 0.3 is 0 Å². The van der Waals surface area contributed by atoms with Crippen LogP contribution < -0.4 is 4.74 Å². The Kier molecular flexibility index (Phi) is 5.49. The van der Waals surface area contributed by atoms with E-state index in [9.17, 15) is 9.90 Å². The van der Waals surface area contributed by atoms with Crippen LogP contribution in [0.15, 0.2) is 18.2 Å². The second-order valence-corrected chi connectivity index (χ2v) is 4.32. The first-order valence-corrected chi connectivity index (χ1v) is 6.22. The Morgan fingerprint density at radius 2 is 2.11 bits per heavy atom. The largest absolute Gasteiger partial charge is 0.507 e. The van der Waals surface area contributed by atoms with E-state index in [1.54, 1.807) is 24.1 Å². The lowest BCUT2D eigenvalue weighted by molar-refractivity contribution is 0.0789. The van der Waals surface area contributed by atoms with Gasteiger partial charge in [-0.05, 0) is 18.6 Å². The van der Waals surface area contributed by atoms with Crippen molar-refractivity contribution >= 4 is 5.91 Å². The maximum atomic E-state index is 12.1.